The fraction of sp³-hybridized carbons (Fsp3) is 0.562. The van der Waals surface area contributed by atoms with Crippen LogP contribution in [0.5, 0.6) is 0 Å². The fourth-order valence-corrected chi connectivity index (χ4v) is 1.79. The summed E-state index contributed by atoms with van der Waals surface area (Å²) >= 11 is 0. The summed E-state index contributed by atoms with van der Waals surface area (Å²) in [6.45, 7) is 8.57. The highest BCUT2D eigenvalue weighted by atomic mass is 16.1. The second-order valence-corrected chi connectivity index (χ2v) is 5.78. The Labute approximate surface area is 111 Å². The summed E-state index contributed by atoms with van der Waals surface area (Å²) in [4.78, 5) is 11.6. The molecule has 100 valence electrons. The number of carbonyl (C=O) groups is 1. The average molecular weight is 247 g/mol. The molecule has 1 aromatic rings. The first kappa shape index (κ1) is 14.7. The van der Waals surface area contributed by atoms with Crippen LogP contribution in [0.15, 0.2) is 24.3 Å². The Morgan fingerprint density at radius 2 is 1.67 bits per heavy atom. The van der Waals surface area contributed by atoms with Gasteiger partial charge in [0.1, 0.15) is 0 Å². The predicted molar refractivity (Wildman–Crippen MR) is 77.7 cm³/mol. The number of anilines is 1. The zero-order valence-electron chi connectivity index (χ0n) is 12.0. The normalized spacial score (nSPS) is 11.0. The van der Waals surface area contributed by atoms with Gasteiger partial charge >= 0.3 is 0 Å². The highest BCUT2D eigenvalue weighted by molar-refractivity contribution is 5.90. The van der Waals surface area contributed by atoms with Crippen LogP contribution in [0.25, 0.3) is 0 Å². The van der Waals surface area contributed by atoms with Crippen LogP contribution < -0.4 is 5.32 Å². The third-order valence-corrected chi connectivity index (χ3v) is 2.84. The maximum Gasteiger partial charge on any atom is 0.224 e. The number of benzene rings is 1. The molecule has 1 rings (SSSR count). The van der Waals surface area contributed by atoms with Crippen molar-refractivity contribution >= 4 is 11.6 Å². The van der Waals surface area contributed by atoms with Crippen molar-refractivity contribution in [3.8, 4) is 0 Å². The van der Waals surface area contributed by atoms with Crippen molar-refractivity contribution in [3.63, 3.8) is 0 Å². The Morgan fingerprint density at radius 1 is 1.06 bits per heavy atom. The van der Waals surface area contributed by atoms with E-state index < -0.39 is 0 Å². The largest absolute Gasteiger partial charge is 0.326 e. The van der Waals surface area contributed by atoms with Gasteiger partial charge in [-0.05, 0) is 42.4 Å². The van der Waals surface area contributed by atoms with Crippen molar-refractivity contribution in [1.82, 2.24) is 0 Å². The molecule has 1 aromatic carbocycles. The van der Waals surface area contributed by atoms with Gasteiger partial charge in [-0.3, -0.25) is 4.79 Å². The van der Waals surface area contributed by atoms with Gasteiger partial charge in [0, 0.05) is 12.1 Å². The molecule has 18 heavy (non-hydrogen) atoms. The van der Waals surface area contributed by atoms with Gasteiger partial charge < -0.3 is 5.32 Å². The summed E-state index contributed by atoms with van der Waals surface area (Å²) in [5, 5.41) is 2.93. The minimum Gasteiger partial charge on any atom is -0.326 e. The molecule has 1 amide bonds. The van der Waals surface area contributed by atoms with Gasteiger partial charge in [-0.15, -0.1) is 0 Å². The lowest BCUT2D eigenvalue weighted by Gasteiger charge is -2.08. The van der Waals surface area contributed by atoms with Gasteiger partial charge in [0.2, 0.25) is 5.91 Å². The molecule has 0 aliphatic rings. The maximum atomic E-state index is 11.6. The first-order valence-electron chi connectivity index (χ1n) is 6.86. The lowest BCUT2D eigenvalue weighted by atomic mass is 10.0. The maximum absolute atomic E-state index is 11.6. The van der Waals surface area contributed by atoms with Crippen LogP contribution in [0.3, 0.4) is 0 Å². The molecule has 2 heteroatoms. The highest BCUT2D eigenvalue weighted by Crippen LogP contribution is 2.14. The molecular weight excluding hydrogens is 222 g/mol. The van der Waals surface area contributed by atoms with Crippen LogP contribution in [0.4, 0.5) is 5.69 Å². The van der Waals surface area contributed by atoms with Crippen LogP contribution in [0.2, 0.25) is 0 Å². The highest BCUT2D eigenvalue weighted by Gasteiger charge is 2.05. The smallest absolute Gasteiger partial charge is 0.224 e. The lowest BCUT2D eigenvalue weighted by Crippen LogP contribution is -2.13. The quantitative estimate of drug-likeness (QED) is 0.799. The molecule has 0 saturated heterocycles. The Morgan fingerprint density at radius 3 is 2.17 bits per heavy atom. The van der Waals surface area contributed by atoms with Crippen molar-refractivity contribution in [2.45, 2.75) is 47.0 Å². The zero-order chi connectivity index (χ0) is 13.5. The standard InChI is InChI=1S/C16H25NO/c1-12(2)5-6-14-7-9-15(10-8-14)17-16(18)11-13(3)4/h7-10,12-13H,5-6,11H2,1-4H3,(H,17,18). The Hall–Kier alpha value is -1.31. The molecule has 0 bridgehead atoms. The van der Waals surface area contributed by atoms with E-state index in [1.54, 1.807) is 0 Å². The number of amides is 1. The second-order valence-electron chi connectivity index (χ2n) is 5.78. The van der Waals surface area contributed by atoms with E-state index in [4.69, 9.17) is 0 Å². The van der Waals surface area contributed by atoms with E-state index in [1.165, 1.54) is 12.0 Å². The molecule has 0 unspecified atom stereocenters. The monoisotopic (exact) mass is 247 g/mol. The van der Waals surface area contributed by atoms with Gasteiger partial charge in [-0.1, -0.05) is 39.8 Å². The van der Waals surface area contributed by atoms with Crippen LogP contribution in [0.1, 0.15) is 46.1 Å². The molecule has 0 aliphatic carbocycles. The molecule has 0 aliphatic heterocycles. The third kappa shape index (κ3) is 5.85. The van der Waals surface area contributed by atoms with Gasteiger partial charge in [-0.25, -0.2) is 0 Å². The van der Waals surface area contributed by atoms with Gasteiger partial charge in [0.15, 0.2) is 0 Å². The first-order valence-corrected chi connectivity index (χ1v) is 6.86. The molecule has 1 N–H and O–H groups in total. The van der Waals surface area contributed by atoms with Crippen LogP contribution in [0, 0.1) is 11.8 Å². The van der Waals surface area contributed by atoms with Crippen molar-refractivity contribution in [3.05, 3.63) is 29.8 Å². The predicted octanol–water partition coefficient (Wildman–Crippen LogP) is 4.26. The summed E-state index contributed by atoms with van der Waals surface area (Å²) in [5.74, 6) is 1.23. The molecule has 0 fully saturated rings. The van der Waals surface area contributed by atoms with E-state index in [0.29, 0.717) is 12.3 Å². The van der Waals surface area contributed by atoms with E-state index in [2.05, 4.69) is 45.1 Å². The van der Waals surface area contributed by atoms with Crippen molar-refractivity contribution < 1.29 is 4.79 Å². The summed E-state index contributed by atoms with van der Waals surface area (Å²) in [7, 11) is 0. The molecule has 2 nitrogen and oxygen atoms in total. The molecule has 0 saturated carbocycles. The van der Waals surface area contributed by atoms with Crippen molar-refractivity contribution in [2.75, 3.05) is 5.32 Å². The summed E-state index contributed by atoms with van der Waals surface area (Å²) in [5.41, 5.74) is 2.24. The number of carbonyl (C=O) groups excluding carboxylic acids is 1. The number of rotatable bonds is 6. The van der Waals surface area contributed by atoms with Gasteiger partial charge in [0.25, 0.3) is 0 Å². The van der Waals surface area contributed by atoms with Crippen molar-refractivity contribution in [1.29, 1.82) is 0 Å². The second kappa shape index (κ2) is 7.20. The number of hydrogen-bond donors (Lipinski definition) is 1. The summed E-state index contributed by atoms with van der Waals surface area (Å²) < 4.78 is 0. The molecular formula is C16H25NO. The van der Waals surface area contributed by atoms with Gasteiger partial charge in [-0.2, -0.15) is 0 Å². The van der Waals surface area contributed by atoms with Crippen LogP contribution >= 0.6 is 0 Å². The summed E-state index contributed by atoms with van der Waals surface area (Å²) in [6, 6.07) is 8.20. The Kier molecular flexibility index (Phi) is 5.90. The van der Waals surface area contributed by atoms with Crippen molar-refractivity contribution in [2.24, 2.45) is 11.8 Å². The van der Waals surface area contributed by atoms with Crippen LogP contribution in [-0.4, -0.2) is 5.91 Å². The fourth-order valence-electron chi connectivity index (χ4n) is 1.79. The Bertz CT molecular complexity index is 365. The van der Waals surface area contributed by atoms with E-state index in [0.717, 1.165) is 18.0 Å². The van der Waals surface area contributed by atoms with Gasteiger partial charge in [0.05, 0.1) is 0 Å². The molecule has 0 spiro atoms. The first-order chi connectivity index (χ1) is 8.47. The molecule has 0 atom stereocenters. The zero-order valence-corrected chi connectivity index (χ0v) is 12.0. The average Bonchev–Trinajstić information content (AvgIpc) is 2.26. The third-order valence-electron chi connectivity index (χ3n) is 2.84. The molecule has 0 radical (unpaired) electrons. The van der Waals surface area contributed by atoms with E-state index in [-0.39, 0.29) is 5.91 Å². The SMILES string of the molecule is CC(C)CCc1ccc(NC(=O)CC(C)C)cc1. The van der Waals surface area contributed by atoms with E-state index >= 15 is 0 Å². The number of hydrogen-bond acceptors (Lipinski definition) is 1. The molecule has 0 aromatic heterocycles. The summed E-state index contributed by atoms with van der Waals surface area (Å²) in [6.07, 6.45) is 2.89. The minimum absolute atomic E-state index is 0.0972. The minimum atomic E-state index is 0.0972. The molecule has 0 heterocycles. The number of nitrogens with one attached hydrogen (secondary N) is 1. The number of aryl methyl sites for hydroxylation is 1. The van der Waals surface area contributed by atoms with Crippen LogP contribution in [-0.2, 0) is 11.2 Å². The van der Waals surface area contributed by atoms with E-state index in [9.17, 15) is 4.79 Å². The topological polar surface area (TPSA) is 29.1 Å². The lowest BCUT2D eigenvalue weighted by molar-refractivity contribution is -0.116. The van der Waals surface area contributed by atoms with E-state index in [1.807, 2.05) is 12.1 Å². The Balaban J connectivity index is 2.47.